The zero-order valence-electron chi connectivity index (χ0n) is 11.5. The highest BCUT2D eigenvalue weighted by Crippen LogP contribution is 2.26. The van der Waals surface area contributed by atoms with E-state index in [1.807, 2.05) is 24.3 Å². The van der Waals surface area contributed by atoms with Gasteiger partial charge < -0.3 is 14.7 Å². The van der Waals surface area contributed by atoms with Crippen molar-refractivity contribution in [2.45, 2.75) is 13.0 Å². The summed E-state index contributed by atoms with van der Waals surface area (Å²) < 4.78 is 5.08. The summed E-state index contributed by atoms with van der Waals surface area (Å²) in [6.07, 6.45) is 0.970. The minimum atomic E-state index is -0.0380. The fourth-order valence-corrected chi connectivity index (χ4v) is 2.17. The number of hydrogen-bond donors (Lipinski definition) is 1. The summed E-state index contributed by atoms with van der Waals surface area (Å²) in [5.41, 5.74) is 2.72. The van der Waals surface area contributed by atoms with Crippen LogP contribution in [0.4, 0.5) is 5.69 Å². The molecular weight excluding hydrogens is 240 g/mol. The third kappa shape index (κ3) is 3.22. The molecule has 0 fully saturated rings. The van der Waals surface area contributed by atoms with Crippen LogP contribution in [-0.2, 0) is 11.3 Å². The van der Waals surface area contributed by atoms with E-state index in [0.29, 0.717) is 5.69 Å². The lowest BCUT2D eigenvalue weighted by atomic mass is 10.1. The van der Waals surface area contributed by atoms with Crippen molar-refractivity contribution in [1.82, 2.24) is 4.98 Å². The molecule has 0 saturated heterocycles. The van der Waals surface area contributed by atoms with E-state index in [-0.39, 0.29) is 6.61 Å². The van der Waals surface area contributed by atoms with Crippen molar-refractivity contribution in [2.24, 2.45) is 0 Å². The third-order valence-corrected chi connectivity index (χ3v) is 3.16. The molecule has 1 N–H and O–H groups in total. The van der Waals surface area contributed by atoms with E-state index in [9.17, 15) is 5.11 Å². The van der Waals surface area contributed by atoms with E-state index in [1.54, 1.807) is 7.11 Å². The first-order chi connectivity index (χ1) is 9.26. The minimum absolute atomic E-state index is 0.0380. The van der Waals surface area contributed by atoms with Crippen molar-refractivity contribution in [3.8, 4) is 0 Å². The van der Waals surface area contributed by atoms with Crippen LogP contribution in [0.15, 0.2) is 30.3 Å². The van der Waals surface area contributed by atoms with Gasteiger partial charge in [-0.1, -0.05) is 18.2 Å². The summed E-state index contributed by atoms with van der Waals surface area (Å²) >= 11 is 0. The molecule has 0 aliphatic rings. The first-order valence-corrected chi connectivity index (χ1v) is 6.46. The van der Waals surface area contributed by atoms with Crippen molar-refractivity contribution in [2.75, 3.05) is 32.2 Å². The number of ether oxygens (including phenoxy) is 1. The van der Waals surface area contributed by atoms with Gasteiger partial charge in [-0.15, -0.1) is 0 Å². The second-order valence-corrected chi connectivity index (χ2v) is 4.58. The van der Waals surface area contributed by atoms with Crippen molar-refractivity contribution in [1.29, 1.82) is 0 Å². The first kappa shape index (κ1) is 13.8. The Labute approximate surface area is 113 Å². The lowest BCUT2D eigenvalue weighted by Gasteiger charge is -2.21. The largest absolute Gasteiger partial charge is 0.390 e. The topological polar surface area (TPSA) is 45.6 Å². The predicted octanol–water partition coefficient (Wildman–Crippen LogP) is 2.20. The summed E-state index contributed by atoms with van der Waals surface area (Å²) in [4.78, 5) is 6.61. The number of pyridine rings is 1. The molecule has 19 heavy (non-hydrogen) atoms. The first-order valence-electron chi connectivity index (χ1n) is 6.46. The molecule has 0 spiro atoms. The molecule has 2 rings (SSSR count). The smallest absolute Gasteiger partial charge is 0.0854 e. The van der Waals surface area contributed by atoms with Crippen LogP contribution in [0.25, 0.3) is 10.9 Å². The molecule has 0 radical (unpaired) electrons. The van der Waals surface area contributed by atoms with Gasteiger partial charge in [0.25, 0.3) is 0 Å². The highest BCUT2D eigenvalue weighted by molar-refractivity contribution is 5.91. The van der Waals surface area contributed by atoms with Crippen LogP contribution >= 0.6 is 0 Å². The molecule has 2 aromatic rings. The fraction of sp³-hybridized carbons (Fsp3) is 0.400. The Balaban J connectivity index is 2.34. The average Bonchev–Trinajstić information content (AvgIpc) is 2.46. The third-order valence-electron chi connectivity index (χ3n) is 3.16. The molecule has 102 valence electrons. The fourth-order valence-electron chi connectivity index (χ4n) is 2.17. The Kier molecular flexibility index (Phi) is 4.71. The van der Waals surface area contributed by atoms with Gasteiger partial charge in [-0.05, 0) is 18.6 Å². The molecule has 0 amide bonds. The maximum atomic E-state index is 9.32. The minimum Gasteiger partial charge on any atom is -0.390 e. The van der Waals surface area contributed by atoms with E-state index in [0.717, 1.165) is 36.2 Å². The number of para-hydroxylation sites is 1. The van der Waals surface area contributed by atoms with Crippen LogP contribution in [-0.4, -0.2) is 37.4 Å². The quantitative estimate of drug-likeness (QED) is 0.809. The van der Waals surface area contributed by atoms with Gasteiger partial charge in [-0.3, -0.25) is 4.98 Å². The number of methoxy groups -OCH3 is 1. The van der Waals surface area contributed by atoms with E-state index >= 15 is 0 Å². The van der Waals surface area contributed by atoms with Gasteiger partial charge in [0.1, 0.15) is 0 Å². The van der Waals surface area contributed by atoms with Gasteiger partial charge in [-0.25, -0.2) is 0 Å². The lowest BCUT2D eigenvalue weighted by Crippen LogP contribution is -2.20. The second kappa shape index (κ2) is 6.50. The molecule has 1 heterocycles. The number of fused-ring (bicyclic) bond motifs is 1. The van der Waals surface area contributed by atoms with Crippen LogP contribution in [0.2, 0.25) is 0 Å². The number of anilines is 1. The summed E-state index contributed by atoms with van der Waals surface area (Å²) in [7, 11) is 3.77. The zero-order valence-corrected chi connectivity index (χ0v) is 11.5. The molecule has 0 saturated carbocycles. The number of hydrogen-bond acceptors (Lipinski definition) is 4. The SMILES string of the molecule is COCCCN(C)c1cc(CO)nc2ccccc12. The predicted molar refractivity (Wildman–Crippen MR) is 77.4 cm³/mol. The van der Waals surface area contributed by atoms with Gasteiger partial charge in [0.2, 0.25) is 0 Å². The summed E-state index contributed by atoms with van der Waals surface area (Å²) in [5.74, 6) is 0. The number of nitrogens with zero attached hydrogens (tertiary/aromatic N) is 2. The maximum Gasteiger partial charge on any atom is 0.0854 e. The van der Waals surface area contributed by atoms with Gasteiger partial charge in [0, 0.05) is 38.4 Å². The Morgan fingerprint density at radius 3 is 2.84 bits per heavy atom. The van der Waals surface area contributed by atoms with Crippen molar-refractivity contribution >= 4 is 16.6 Å². The lowest BCUT2D eigenvalue weighted by molar-refractivity contribution is 0.196. The number of aliphatic hydroxyl groups excluding tert-OH is 1. The molecular formula is C15H20N2O2. The van der Waals surface area contributed by atoms with Crippen LogP contribution < -0.4 is 4.90 Å². The van der Waals surface area contributed by atoms with E-state index in [4.69, 9.17) is 4.74 Å². The zero-order chi connectivity index (χ0) is 13.7. The molecule has 4 nitrogen and oxygen atoms in total. The number of aliphatic hydroxyl groups is 1. The molecule has 1 aromatic carbocycles. The molecule has 0 aliphatic heterocycles. The van der Waals surface area contributed by atoms with Crippen molar-refractivity contribution in [3.05, 3.63) is 36.0 Å². The highest BCUT2D eigenvalue weighted by Gasteiger charge is 2.09. The van der Waals surface area contributed by atoms with Crippen molar-refractivity contribution in [3.63, 3.8) is 0 Å². The molecule has 0 unspecified atom stereocenters. The molecule has 4 heteroatoms. The molecule has 0 bridgehead atoms. The van der Waals surface area contributed by atoms with Gasteiger partial charge in [0.15, 0.2) is 0 Å². The Bertz CT molecular complexity index is 543. The molecule has 1 aromatic heterocycles. The van der Waals surface area contributed by atoms with Crippen LogP contribution in [0, 0.1) is 0 Å². The number of benzene rings is 1. The standard InChI is InChI=1S/C15H20N2O2/c1-17(8-5-9-19-2)15-10-12(11-18)16-14-7-4-3-6-13(14)15/h3-4,6-7,10,18H,5,8-9,11H2,1-2H3. The Morgan fingerprint density at radius 2 is 2.11 bits per heavy atom. The average molecular weight is 260 g/mol. The summed E-state index contributed by atoms with van der Waals surface area (Å²) in [5, 5.41) is 10.4. The van der Waals surface area contributed by atoms with Crippen molar-refractivity contribution < 1.29 is 9.84 Å². The van der Waals surface area contributed by atoms with E-state index in [1.165, 1.54) is 0 Å². The maximum absolute atomic E-state index is 9.32. The normalized spacial score (nSPS) is 10.9. The molecule has 0 aliphatic carbocycles. The van der Waals surface area contributed by atoms with Gasteiger partial charge >= 0.3 is 0 Å². The van der Waals surface area contributed by atoms with Crippen LogP contribution in [0.5, 0.6) is 0 Å². The van der Waals surface area contributed by atoms with Crippen LogP contribution in [0.1, 0.15) is 12.1 Å². The molecule has 0 atom stereocenters. The van der Waals surface area contributed by atoms with Gasteiger partial charge in [-0.2, -0.15) is 0 Å². The van der Waals surface area contributed by atoms with Crippen LogP contribution in [0.3, 0.4) is 0 Å². The van der Waals surface area contributed by atoms with E-state index < -0.39 is 0 Å². The summed E-state index contributed by atoms with van der Waals surface area (Å²) in [6.45, 7) is 1.62. The number of aromatic nitrogens is 1. The van der Waals surface area contributed by atoms with E-state index in [2.05, 4.69) is 23.0 Å². The summed E-state index contributed by atoms with van der Waals surface area (Å²) in [6, 6.07) is 9.96. The Morgan fingerprint density at radius 1 is 1.32 bits per heavy atom. The Hall–Kier alpha value is -1.65. The second-order valence-electron chi connectivity index (χ2n) is 4.58. The number of rotatable bonds is 6. The highest BCUT2D eigenvalue weighted by atomic mass is 16.5. The van der Waals surface area contributed by atoms with Gasteiger partial charge in [0.05, 0.1) is 17.8 Å². The monoisotopic (exact) mass is 260 g/mol.